The fourth-order valence-corrected chi connectivity index (χ4v) is 2.82. The van der Waals surface area contributed by atoms with Crippen LogP contribution in [0, 0.1) is 6.92 Å². The fraction of sp³-hybridized carbons (Fsp3) is 0.429. The Labute approximate surface area is 117 Å². The molecule has 0 aliphatic carbocycles. The highest BCUT2D eigenvalue weighted by Crippen LogP contribution is 2.32. The van der Waals surface area contributed by atoms with Crippen molar-refractivity contribution in [3.05, 3.63) is 39.9 Å². The van der Waals surface area contributed by atoms with Gasteiger partial charge in [-0.2, -0.15) is 0 Å². The van der Waals surface area contributed by atoms with Crippen LogP contribution in [0.4, 0.5) is 0 Å². The number of ether oxygens (including phenoxy) is 1. The van der Waals surface area contributed by atoms with E-state index in [1.807, 2.05) is 19.1 Å². The van der Waals surface area contributed by atoms with Crippen LogP contribution in [0.2, 0.25) is 0 Å². The molecule has 1 unspecified atom stereocenters. The molecule has 2 aromatic rings. The van der Waals surface area contributed by atoms with Crippen molar-refractivity contribution in [1.82, 2.24) is 9.59 Å². The lowest BCUT2D eigenvalue weighted by molar-refractivity contribution is 0.408. The van der Waals surface area contributed by atoms with Gasteiger partial charge >= 0.3 is 0 Å². The maximum atomic E-state index is 6.39. The van der Waals surface area contributed by atoms with E-state index in [1.54, 1.807) is 7.11 Å². The molecule has 19 heavy (non-hydrogen) atoms. The van der Waals surface area contributed by atoms with Crippen LogP contribution in [-0.4, -0.2) is 16.7 Å². The lowest BCUT2D eigenvalue weighted by atomic mass is 10.0. The van der Waals surface area contributed by atoms with Gasteiger partial charge in [0.25, 0.3) is 0 Å². The van der Waals surface area contributed by atoms with Crippen molar-refractivity contribution in [3.8, 4) is 5.75 Å². The highest BCUT2D eigenvalue weighted by atomic mass is 32.1. The van der Waals surface area contributed by atoms with Gasteiger partial charge in [0.1, 0.15) is 5.75 Å². The molecule has 2 rings (SSSR count). The van der Waals surface area contributed by atoms with Crippen molar-refractivity contribution >= 4 is 11.5 Å². The molecule has 0 spiro atoms. The van der Waals surface area contributed by atoms with Gasteiger partial charge in [-0.15, -0.1) is 5.10 Å². The molecule has 0 fully saturated rings. The average molecular weight is 277 g/mol. The van der Waals surface area contributed by atoms with Crippen molar-refractivity contribution in [2.45, 2.75) is 32.7 Å². The summed E-state index contributed by atoms with van der Waals surface area (Å²) in [6, 6.07) is 5.82. The first-order valence-electron chi connectivity index (χ1n) is 6.38. The summed E-state index contributed by atoms with van der Waals surface area (Å²) in [5, 5.41) is 4.18. The molecule has 1 aromatic heterocycles. The maximum absolute atomic E-state index is 6.39. The summed E-state index contributed by atoms with van der Waals surface area (Å²) in [4.78, 5) is 1.03. The quantitative estimate of drug-likeness (QED) is 0.913. The molecule has 0 aliphatic rings. The van der Waals surface area contributed by atoms with E-state index >= 15 is 0 Å². The van der Waals surface area contributed by atoms with Gasteiger partial charge in [0.2, 0.25) is 0 Å². The molecule has 1 aromatic carbocycles. The molecule has 0 amide bonds. The third-order valence-electron chi connectivity index (χ3n) is 3.07. The van der Waals surface area contributed by atoms with E-state index in [-0.39, 0.29) is 6.04 Å². The van der Waals surface area contributed by atoms with E-state index in [0.717, 1.165) is 34.7 Å². The number of aryl methyl sites for hydroxylation is 2. The first kappa shape index (κ1) is 14.0. The van der Waals surface area contributed by atoms with E-state index in [0.29, 0.717) is 0 Å². The number of hydrogen-bond donors (Lipinski definition) is 1. The van der Waals surface area contributed by atoms with Gasteiger partial charge in [0, 0.05) is 5.56 Å². The van der Waals surface area contributed by atoms with Crippen molar-refractivity contribution in [1.29, 1.82) is 0 Å². The van der Waals surface area contributed by atoms with Crippen LogP contribution < -0.4 is 10.5 Å². The molecule has 4 nitrogen and oxygen atoms in total. The molecule has 0 saturated carbocycles. The molecule has 1 atom stereocenters. The van der Waals surface area contributed by atoms with Crippen LogP contribution in [0.1, 0.15) is 41.1 Å². The van der Waals surface area contributed by atoms with Crippen LogP contribution in [0.3, 0.4) is 0 Å². The van der Waals surface area contributed by atoms with E-state index in [1.165, 1.54) is 17.1 Å². The Kier molecular flexibility index (Phi) is 4.50. The Morgan fingerprint density at radius 1 is 1.42 bits per heavy atom. The third-order valence-corrected chi connectivity index (χ3v) is 3.92. The highest BCUT2D eigenvalue weighted by molar-refractivity contribution is 7.05. The average Bonchev–Trinajstić information content (AvgIpc) is 2.86. The van der Waals surface area contributed by atoms with Gasteiger partial charge in [0.05, 0.1) is 23.7 Å². The molecule has 0 radical (unpaired) electrons. The summed E-state index contributed by atoms with van der Waals surface area (Å²) >= 11 is 1.38. The molecule has 5 heteroatoms. The first-order chi connectivity index (χ1) is 9.17. The summed E-state index contributed by atoms with van der Waals surface area (Å²) in [5.74, 6) is 0.814. The summed E-state index contributed by atoms with van der Waals surface area (Å²) < 4.78 is 9.44. The summed E-state index contributed by atoms with van der Waals surface area (Å²) in [5.41, 5.74) is 9.55. The summed E-state index contributed by atoms with van der Waals surface area (Å²) in [7, 11) is 1.67. The lowest BCUT2D eigenvalue weighted by Gasteiger charge is -2.15. The van der Waals surface area contributed by atoms with E-state index < -0.39 is 0 Å². The Hall–Kier alpha value is -1.46. The largest absolute Gasteiger partial charge is 0.496 e. The van der Waals surface area contributed by atoms with Gasteiger partial charge in [-0.3, -0.25) is 0 Å². The predicted molar refractivity (Wildman–Crippen MR) is 77.7 cm³/mol. The number of methoxy groups -OCH3 is 1. The summed E-state index contributed by atoms with van der Waals surface area (Å²) in [6.07, 6.45) is 1.95. The first-order valence-corrected chi connectivity index (χ1v) is 7.16. The second-order valence-electron chi connectivity index (χ2n) is 4.56. The zero-order chi connectivity index (χ0) is 13.8. The van der Waals surface area contributed by atoms with Crippen LogP contribution in [0.25, 0.3) is 0 Å². The minimum Gasteiger partial charge on any atom is -0.496 e. The SMILES string of the molecule is CCCc1nnsc1C(N)c1cc(C)ccc1OC. The fourth-order valence-electron chi connectivity index (χ4n) is 2.10. The zero-order valence-corrected chi connectivity index (χ0v) is 12.3. The normalized spacial score (nSPS) is 12.4. The number of nitrogens with two attached hydrogens (primary N) is 1. The van der Waals surface area contributed by atoms with E-state index in [9.17, 15) is 0 Å². The monoisotopic (exact) mass is 277 g/mol. The smallest absolute Gasteiger partial charge is 0.124 e. The number of hydrogen-bond acceptors (Lipinski definition) is 5. The van der Waals surface area contributed by atoms with E-state index in [4.69, 9.17) is 10.5 Å². The van der Waals surface area contributed by atoms with Crippen molar-refractivity contribution in [2.75, 3.05) is 7.11 Å². The van der Waals surface area contributed by atoms with Gasteiger partial charge in [-0.05, 0) is 30.9 Å². The molecule has 0 saturated heterocycles. The van der Waals surface area contributed by atoms with Crippen molar-refractivity contribution < 1.29 is 4.74 Å². The Morgan fingerprint density at radius 3 is 2.89 bits per heavy atom. The highest BCUT2D eigenvalue weighted by Gasteiger charge is 2.20. The molecule has 102 valence electrons. The van der Waals surface area contributed by atoms with Gasteiger partial charge in [-0.25, -0.2) is 0 Å². The van der Waals surface area contributed by atoms with Crippen LogP contribution in [0.15, 0.2) is 18.2 Å². The molecular formula is C14H19N3OS. The molecule has 0 bridgehead atoms. The second kappa shape index (κ2) is 6.12. The molecule has 0 aliphatic heterocycles. The Morgan fingerprint density at radius 2 is 2.21 bits per heavy atom. The Bertz CT molecular complexity index is 553. The molecular weight excluding hydrogens is 258 g/mol. The van der Waals surface area contributed by atoms with Crippen LogP contribution in [0.5, 0.6) is 5.75 Å². The molecule has 1 heterocycles. The topological polar surface area (TPSA) is 61.0 Å². The zero-order valence-electron chi connectivity index (χ0n) is 11.5. The predicted octanol–water partition coefficient (Wildman–Crippen LogP) is 2.86. The second-order valence-corrected chi connectivity index (χ2v) is 5.34. The van der Waals surface area contributed by atoms with Crippen LogP contribution in [-0.2, 0) is 6.42 Å². The van der Waals surface area contributed by atoms with Gasteiger partial charge in [0.15, 0.2) is 0 Å². The lowest BCUT2D eigenvalue weighted by Crippen LogP contribution is -2.14. The van der Waals surface area contributed by atoms with Crippen LogP contribution >= 0.6 is 11.5 Å². The Balaban J connectivity index is 2.40. The number of nitrogens with zero attached hydrogens (tertiary/aromatic N) is 2. The minimum atomic E-state index is -0.226. The number of aromatic nitrogens is 2. The van der Waals surface area contributed by atoms with E-state index in [2.05, 4.69) is 22.6 Å². The van der Waals surface area contributed by atoms with Gasteiger partial charge in [-0.1, -0.05) is 35.5 Å². The third kappa shape index (κ3) is 2.93. The maximum Gasteiger partial charge on any atom is 0.124 e. The molecule has 2 N–H and O–H groups in total. The standard InChI is InChI=1S/C14H19N3OS/c1-4-5-11-14(19-17-16-11)13(15)10-8-9(2)6-7-12(10)18-3/h6-8,13H,4-5,15H2,1-3H3. The van der Waals surface area contributed by atoms with Gasteiger partial charge < -0.3 is 10.5 Å². The number of rotatable bonds is 5. The van der Waals surface area contributed by atoms with Crippen molar-refractivity contribution in [2.24, 2.45) is 5.73 Å². The summed E-state index contributed by atoms with van der Waals surface area (Å²) in [6.45, 7) is 4.18. The van der Waals surface area contributed by atoms with Crippen molar-refractivity contribution in [3.63, 3.8) is 0 Å². The minimum absolute atomic E-state index is 0.226. The number of benzene rings is 1.